The third-order valence-corrected chi connectivity index (χ3v) is 1.88. The van der Waals surface area contributed by atoms with E-state index in [1.54, 1.807) is 0 Å². The quantitative estimate of drug-likeness (QED) is 0.642. The summed E-state index contributed by atoms with van der Waals surface area (Å²) in [6.07, 6.45) is 0. The summed E-state index contributed by atoms with van der Waals surface area (Å²) in [7, 11) is 0. The molecule has 0 aliphatic carbocycles. The zero-order valence-corrected chi connectivity index (χ0v) is 8.85. The van der Waals surface area contributed by atoms with Crippen molar-refractivity contribution in [1.82, 2.24) is 0 Å². The molecule has 0 aliphatic heterocycles. The SMILES string of the molecule is Cc1cccc(C)c1C.NS(=O)[O-]. The Balaban J connectivity index is 0.000000310. The maximum absolute atomic E-state index is 8.78. The van der Waals surface area contributed by atoms with Gasteiger partial charge in [0.25, 0.3) is 0 Å². The molecule has 1 rings (SSSR count). The molecule has 0 saturated carbocycles. The first kappa shape index (κ1) is 12.3. The Bertz CT molecular complexity index is 275. The number of hydrogen-bond donors (Lipinski definition) is 1. The van der Waals surface area contributed by atoms with Crippen LogP contribution in [-0.4, -0.2) is 8.76 Å². The van der Waals surface area contributed by atoms with E-state index in [1.165, 1.54) is 16.7 Å². The van der Waals surface area contributed by atoms with Gasteiger partial charge in [-0.15, -0.1) is 0 Å². The zero-order chi connectivity index (χ0) is 10.4. The molecule has 0 amide bonds. The third kappa shape index (κ3) is 5.52. The highest BCUT2D eigenvalue weighted by atomic mass is 32.2. The van der Waals surface area contributed by atoms with Crippen LogP contribution >= 0.6 is 0 Å². The van der Waals surface area contributed by atoms with E-state index in [4.69, 9.17) is 8.76 Å². The van der Waals surface area contributed by atoms with E-state index in [-0.39, 0.29) is 0 Å². The van der Waals surface area contributed by atoms with Gasteiger partial charge in [-0.25, -0.2) is 0 Å². The molecule has 0 spiro atoms. The van der Waals surface area contributed by atoms with Crippen molar-refractivity contribution in [3.8, 4) is 0 Å². The number of rotatable bonds is 0. The fourth-order valence-electron chi connectivity index (χ4n) is 0.898. The van der Waals surface area contributed by atoms with Gasteiger partial charge in [-0.1, -0.05) is 18.2 Å². The van der Waals surface area contributed by atoms with Gasteiger partial charge in [-0.05, 0) is 37.5 Å². The Kier molecular flexibility index (Phi) is 5.53. The zero-order valence-electron chi connectivity index (χ0n) is 8.03. The lowest BCUT2D eigenvalue weighted by Gasteiger charge is -2.00. The summed E-state index contributed by atoms with van der Waals surface area (Å²) < 4.78 is 17.6. The van der Waals surface area contributed by atoms with Crippen molar-refractivity contribution in [2.75, 3.05) is 0 Å². The van der Waals surface area contributed by atoms with Crippen LogP contribution in [0.25, 0.3) is 0 Å². The van der Waals surface area contributed by atoms with Gasteiger partial charge in [0, 0.05) is 11.3 Å². The minimum atomic E-state index is -2.36. The summed E-state index contributed by atoms with van der Waals surface area (Å²) in [5.41, 5.74) is 4.18. The van der Waals surface area contributed by atoms with Crippen molar-refractivity contribution in [3.63, 3.8) is 0 Å². The van der Waals surface area contributed by atoms with Crippen molar-refractivity contribution < 1.29 is 8.76 Å². The molecule has 1 atom stereocenters. The molecule has 0 heterocycles. The Labute approximate surface area is 81.4 Å². The Morgan fingerprint density at radius 1 is 1.23 bits per heavy atom. The van der Waals surface area contributed by atoms with E-state index in [0.29, 0.717) is 0 Å². The standard InChI is InChI=1S/C9H12.H3NO2S/c1-7-5-4-6-8(2)9(7)3;1-4(2)3/h4-6H,1-3H3;1H2,(H,2,3)/p-1. The lowest BCUT2D eigenvalue weighted by Crippen LogP contribution is -1.97. The van der Waals surface area contributed by atoms with Crippen LogP contribution in [-0.2, 0) is 11.3 Å². The molecule has 4 heteroatoms. The van der Waals surface area contributed by atoms with Crippen molar-refractivity contribution >= 4 is 11.3 Å². The Morgan fingerprint density at radius 3 is 1.77 bits per heavy atom. The minimum Gasteiger partial charge on any atom is -0.760 e. The van der Waals surface area contributed by atoms with Gasteiger partial charge in [-0.2, -0.15) is 0 Å². The van der Waals surface area contributed by atoms with Crippen molar-refractivity contribution in [2.45, 2.75) is 20.8 Å². The number of benzene rings is 1. The second-order valence-corrected chi connectivity index (χ2v) is 3.30. The van der Waals surface area contributed by atoms with E-state index in [9.17, 15) is 0 Å². The molecule has 0 aliphatic rings. The maximum atomic E-state index is 8.78. The average Bonchev–Trinajstić information content (AvgIpc) is 1.99. The predicted molar refractivity (Wildman–Crippen MR) is 53.8 cm³/mol. The smallest absolute Gasteiger partial charge is 0.0152 e. The maximum Gasteiger partial charge on any atom is 0.0152 e. The highest BCUT2D eigenvalue weighted by Crippen LogP contribution is 2.09. The highest BCUT2D eigenvalue weighted by Gasteiger charge is 1.91. The van der Waals surface area contributed by atoms with Crippen LogP contribution in [0.5, 0.6) is 0 Å². The van der Waals surface area contributed by atoms with Gasteiger partial charge < -0.3 is 4.55 Å². The lowest BCUT2D eigenvalue weighted by molar-refractivity contribution is 0.539. The molecule has 0 bridgehead atoms. The molecule has 0 radical (unpaired) electrons. The minimum absolute atomic E-state index is 1.38. The van der Waals surface area contributed by atoms with Crippen molar-refractivity contribution in [3.05, 3.63) is 34.9 Å². The van der Waals surface area contributed by atoms with Crippen molar-refractivity contribution in [1.29, 1.82) is 0 Å². The second-order valence-electron chi connectivity index (χ2n) is 2.78. The summed E-state index contributed by atoms with van der Waals surface area (Å²) in [5.74, 6) is 0. The molecule has 0 saturated heterocycles. The second kappa shape index (κ2) is 5.85. The fraction of sp³-hybridized carbons (Fsp3) is 0.333. The molecule has 1 unspecified atom stereocenters. The molecule has 1 aromatic rings. The van der Waals surface area contributed by atoms with Crippen LogP contribution in [0.4, 0.5) is 0 Å². The molecule has 13 heavy (non-hydrogen) atoms. The molecule has 0 aromatic heterocycles. The summed E-state index contributed by atoms with van der Waals surface area (Å²) in [4.78, 5) is 0. The van der Waals surface area contributed by atoms with Crippen LogP contribution in [0.3, 0.4) is 0 Å². The molecular formula is C9H14NO2S-. The Hall–Kier alpha value is -0.710. The number of nitrogens with two attached hydrogens (primary N) is 1. The van der Waals surface area contributed by atoms with Gasteiger partial charge in [0.1, 0.15) is 0 Å². The summed E-state index contributed by atoms with van der Waals surface area (Å²) >= 11 is -2.36. The van der Waals surface area contributed by atoms with Gasteiger partial charge in [0.05, 0.1) is 0 Å². The van der Waals surface area contributed by atoms with E-state index in [0.717, 1.165) is 0 Å². The van der Waals surface area contributed by atoms with Crippen molar-refractivity contribution in [2.24, 2.45) is 5.14 Å². The van der Waals surface area contributed by atoms with Crippen LogP contribution in [0, 0.1) is 20.8 Å². The van der Waals surface area contributed by atoms with E-state index in [1.807, 2.05) is 0 Å². The molecule has 1 aromatic carbocycles. The summed E-state index contributed by atoms with van der Waals surface area (Å²) in [6, 6.07) is 6.38. The van der Waals surface area contributed by atoms with Crippen LogP contribution in [0.1, 0.15) is 16.7 Å². The first-order valence-electron chi connectivity index (χ1n) is 3.81. The molecule has 74 valence electrons. The predicted octanol–water partition coefficient (Wildman–Crippen LogP) is 1.35. The third-order valence-electron chi connectivity index (χ3n) is 1.88. The largest absolute Gasteiger partial charge is 0.760 e. The van der Waals surface area contributed by atoms with Crippen LogP contribution in [0.15, 0.2) is 18.2 Å². The fourth-order valence-corrected chi connectivity index (χ4v) is 0.898. The monoisotopic (exact) mass is 200 g/mol. The summed E-state index contributed by atoms with van der Waals surface area (Å²) in [6.45, 7) is 6.44. The van der Waals surface area contributed by atoms with Crippen LogP contribution < -0.4 is 5.14 Å². The van der Waals surface area contributed by atoms with E-state index < -0.39 is 11.3 Å². The first-order valence-corrected chi connectivity index (χ1v) is 4.95. The van der Waals surface area contributed by atoms with Gasteiger partial charge in [-0.3, -0.25) is 9.35 Å². The average molecular weight is 200 g/mol. The van der Waals surface area contributed by atoms with Crippen LogP contribution in [0.2, 0.25) is 0 Å². The molecule has 3 nitrogen and oxygen atoms in total. The van der Waals surface area contributed by atoms with E-state index in [2.05, 4.69) is 44.1 Å². The molecule has 0 fully saturated rings. The first-order chi connectivity index (χ1) is 5.95. The summed E-state index contributed by atoms with van der Waals surface area (Å²) in [5, 5.41) is 4.03. The highest BCUT2D eigenvalue weighted by molar-refractivity contribution is 7.76. The lowest BCUT2D eigenvalue weighted by atomic mass is 10.1. The number of hydrogen-bond acceptors (Lipinski definition) is 2. The Morgan fingerprint density at radius 2 is 1.54 bits per heavy atom. The number of aryl methyl sites for hydroxylation is 2. The van der Waals surface area contributed by atoms with Gasteiger partial charge in [0.2, 0.25) is 0 Å². The van der Waals surface area contributed by atoms with Gasteiger partial charge >= 0.3 is 0 Å². The molecular weight excluding hydrogens is 186 g/mol. The normalized spacial score (nSPS) is 11.5. The van der Waals surface area contributed by atoms with E-state index >= 15 is 0 Å². The topological polar surface area (TPSA) is 66.2 Å². The molecule has 2 N–H and O–H groups in total. The van der Waals surface area contributed by atoms with Gasteiger partial charge in [0.15, 0.2) is 0 Å².